The molecule has 4 rings (SSSR count). The van der Waals surface area contributed by atoms with E-state index in [2.05, 4.69) is 58.3 Å². The minimum Gasteiger partial charge on any atom is -0.338 e. The number of carbonyl (C=O) groups is 1. The summed E-state index contributed by atoms with van der Waals surface area (Å²) in [5.41, 5.74) is 4.82. The Morgan fingerprint density at radius 3 is 2.67 bits per heavy atom. The highest BCUT2D eigenvalue weighted by atomic mass is 16.2. The smallest absolute Gasteiger partial charge is 0.237 e. The average molecular weight is 404 g/mol. The van der Waals surface area contributed by atoms with Gasteiger partial charge in [-0.25, -0.2) is 9.67 Å². The minimum atomic E-state index is 0.130. The second-order valence-electron chi connectivity index (χ2n) is 8.13. The lowest BCUT2D eigenvalue weighted by atomic mass is 9.87. The largest absolute Gasteiger partial charge is 0.338 e. The fraction of sp³-hybridized carbons (Fsp3) is 0.375. The summed E-state index contributed by atoms with van der Waals surface area (Å²) in [6.45, 7) is 2.52. The number of likely N-dealkylation sites (N-methyl/N-ethyl adjacent to an activating group) is 2. The lowest BCUT2D eigenvalue weighted by molar-refractivity contribution is -0.133. The quantitative estimate of drug-likeness (QED) is 0.628. The Hall–Kier alpha value is -2.99. The lowest BCUT2D eigenvalue weighted by Gasteiger charge is -2.35. The van der Waals surface area contributed by atoms with Crippen LogP contribution in [0.1, 0.15) is 48.5 Å². The maximum atomic E-state index is 13.1. The van der Waals surface area contributed by atoms with Crippen molar-refractivity contribution >= 4 is 5.91 Å². The molecule has 6 nitrogen and oxygen atoms in total. The maximum absolute atomic E-state index is 13.1. The molecule has 0 N–H and O–H groups in total. The summed E-state index contributed by atoms with van der Waals surface area (Å²) in [7, 11) is 3.96. The van der Waals surface area contributed by atoms with Crippen molar-refractivity contribution in [2.45, 2.75) is 38.3 Å². The highest BCUT2D eigenvalue weighted by molar-refractivity contribution is 5.78. The molecule has 1 aliphatic rings. The number of aryl methyl sites for hydroxylation is 1. The molecule has 30 heavy (non-hydrogen) atoms. The molecule has 1 heterocycles. The molecular formula is C24H29N5O. The predicted octanol–water partition coefficient (Wildman–Crippen LogP) is 3.80. The van der Waals surface area contributed by atoms with E-state index in [0.717, 1.165) is 24.9 Å². The summed E-state index contributed by atoms with van der Waals surface area (Å²) in [4.78, 5) is 21.1. The lowest BCUT2D eigenvalue weighted by Crippen LogP contribution is -2.40. The van der Waals surface area contributed by atoms with E-state index in [1.165, 1.54) is 23.0 Å². The van der Waals surface area contributed by atoms with Gasteiger partial charge >= 0.3 is 0 Å². The van der Waals surface area contributed by atoms with Gasteiger partial charge in [-0.3, -0.25) is 9.69 Å². The third-order valence-corrected chi connectivity index (χ3v) is 6.30. The van der Waals surface area contributed by atoms with E-state index in [4.69, 9.17) is 0 Å². The number of carbonyl (C=O) groups excluding carboxylic acids is 1. The van der Waals surface area contributed by atoms with Gasteiger partial charge in [0.1, 0.15) is 12.7 Å². The Kier molecular flexibility index (Phi) is 5.95. The number of rotatable bonds is 6. The van der Waals surface area contributed by atoms with Crippen LogP contribution in [-0.4, -0.2) is 51.1 Å². The normalized spacial score (nSPS) is 16.9. The van der Waals surface area contributed by atoms with Crippen LogP contribution < -0.4 is 0 Å². The van der Waals surface area contributed by atoms with E-state index in [9.17, 15) is 4.79 Å². The van der Waals surface area contributed by atoms with E-state index in [0.29, 0.717) is 6.54 Å². The van der Waals surface area contributed by atoms with Crippen LogP contribution in [0.15, 0.2) is 61.2 Å². The fourth-order valence-corrected chi connectivity index (χ4v) is 4.27. The van der Waals surface area contributed by atoms with Crippen LogP contribution in [0, 0.1) is 0 Å². The summed E-state index contributed by atoms with van der Waals surface area (Å²) in [6, 6.07) is 17.1. The van der Waals surface area contributed by atoms with Crippen molar-refractivity contribution in [1.82, 2.24) is 24.6 Å². The second kappa shape index (κ2) is 8.79. The first-order chi connectivity index (χ1) is 14.5. The molecule has 1 amide bonds. The molecule has 6 heteroatoms. The van der Waals surface area contributed by atoms with Gasteiger partial charge in [-0.15, -0.1) is 0 Å². The van der Waals surface area contributed by atoms with Crippen LogP contribution in [-0.2, 0) is 11.2 Å². The minimum absolute atomic E-state index is 0.130. The Balaban J connectivity index is 1.40. The molecule has 3 aromatic rings. The van der Waals surface area contributed by atoms with E-state index >= 15 is 0 Å². The molecule has 0 fully saturated rings. The van der Waals surface area contributed by atoms with Gasteiger partial charge in [0.15, 0.2) is 0 Å². The zero-order valence-corrected chi connectivity index (χ0v) is 17.9. The first-order valence-electron chi connectivity index (χ1n) is 10.5. The molecule has 0 bridgehead atoms. The van der Waals surface area contributed by atoms with Crippen LogP contribution in [0.3, 0.4) is 0 Å². The highest BCUT2D eigenvalue weighted by Crippen LogP contribution is 2.33. The van der Waals surface area contributed by atoms with Crippen molar-refractivity contribution < 1.29 is 4.79 Å². The number of hydrogen-bond donors (Lipinski definition) is 0. The third kappa shape index (κ3) is 4.14. The molecular weight excluding hydrogens is 374 g/mol. The van der Waals surface area contributed by atoms with Gasteiger partial charge in [0.05, 0.1) is 18.3 Å². The zero-order chi connectivity index (χ0) is 21.1. The van der Waals surface area contributed by atoms with E-state index in [1.54, 1.807) is 11.0 Å². The standard InChI is InChI=1S/C24H29N5O/c1-18(19-11-13-21(14-12-19)29-17-25-16-26-29)27(2)15-24(30)28(3)23-10-6-8-20-7-4-5-9-22(20)23/h4-5,7,9,11-14,16-18,23H,6,8,10,15H2,1-3H3/t18-,23-/m0/s1. The molecule has 0 aliphatic heterocycles. The SMILES string of the molecule is C[C@@H](c1ccc(-n2cncn2)cc1)N(C)CC(=O)N(C)[C@H]1CCCc2ccccc21. The average Bonchev–Trinajstić information content (AvgIpc) is 3.32. The highest BCUT2D eigenvalue weighted by Gasteiger charge is 2.27. The second-order valence-corrected chi connectivity index (χ2v) is 8.13. The van der Waals surface area contributed by atoms with Gasteiger partial charge in [0, 0.05) is 13.1 Å². The van der Waals surface area contributed by atoms with Crippen molar-refractivity contribution in [3.8, 4) is 5.69 Å². The molecule has 0 unspecified atom stereocenters. The van der Waals surface area contributed by atoms with Gasteiger partial charge in [0.25, 0.3) is 0 Å². The molecule has 0 saturated heterocycles. The summed E-state index contributed by atoms with van der Waals surface area (Å²) in [6.07, 6.45) is 6.47. The van der Waals surface area contributed by atoms with Crippen molar-refractivity contribution in [2.75, 3.05) is 20.6 Å². The zero-order valence-electron chi connectivity index (χ0n) is 17.9. The molecule has 1 aliphatic carbocycles. The Morgan fingerprint density at radius 2 is 1.93 bits per heavy atom. The topological polar surface area (TPSA) is 54.3 Å². The van der Waals surface area contributed by atoms with E-state index < -0.39 is 0 Å². The van der Waals surface area contributed by atoms with Gasteiger partial charge < -0.3 is 4.90 Å². The van der Waals surface area contributed by atoms with Crippen molar-refractivity contribution in [1.29, 1.82) is 0 Å². The number of benzene rings is 2. The molecule has 0 saturated carbocycles. The van der Waals surface area contributed by atoms with E-state index in [-0.39, 0.29) is 18.0 Å². The van der Waals surface area contributed by atoms with Gasteiger partial charge in [-0.05, 0) is 62.1 Å². The first-order valence-corrected chi connectivity index (χ1v) is 10.5. The number of hydrogen-bond acceptors (Lipinski definition) is 4. The monoisotopic (exact) mass is 403 g/mol. The van der Waals surface area contributed by atoms with E-state index in [1.807, 2.05) is 31.1 Å². The van der Waals surface area contributed by atoms with Crippen LogP contribution >= 0.6 is 0 Å². The Morgan fingerprint density at radius 1 is 1.17 bits per heavy atom. The molecule has 2 aromatic carbocycles. The summed E-state index contributed by atoms with van der Waals surface area (Å²) < 4.78 is 1.73. The number of amides is 1. The predicted molar refractivity (Wildman–Crippen MR) is 117 cm³/mol. The third-order valence-electron chi connectivity index (χ3n) is 6.30. The summed E-state index contributed by atoms with van der Waals surface area (Å²) in [5.74, 6) is 0.158. The Labute approximate surface area is 178 Å². The van der Waals surface area contributed by atoms with Crippen LogP contribution in [0.5, 0.6) is 0 Å². The van der Waals surface area contributed by atoms with Crippen LogP contribution in [0.4, 0.5) is 0 Å². The number of fused-ring (bicyclic) bond motifs is 1. The van der Waals surface area contributed by atoms with Gasteiger partial charge in [-0.2, -0.15) is 5.10 Å². The Bertz CT molecular complexity index is 983. The summed E-state index contributed by atoms with van der Waals surface area (Å²) >= 11 is 0. The van der Waals surface area contributed by atoms with Gasteiger partial charge in [-0.1, -0.05) is 36.4 Å². The number of aromatic nitrogens is 3. The van der Waals surface area contributed by atoms with Crippen LogP contribution in [0.25, 0.3) is 5.69 Å². The van der Waals surface area contributed by atoms with Gasteiger partial charge in [0.2, 0.25) is 5.91 Å². The van der Waals surface area contributed by atoms with Crippen molar-refractivity contribution in [3.63, 3.8) is 0 Å². The van der Waals surface area contributed by atoms with Crippen molar-refractivity contribution in [3.05, 3.63) is 77.9 Å². The molecule has 0 radical (unpaired) electrons. The molecule has 2 atom stereocenters. The summed E-state index contributed by atoms with van der Waals surface area (Å²) in [5, 5.41) is 4.16. The molecule has 0 spiro atoms. The number of nitrogens with zero attached hydrogens (tertiary/aromatic N) is 5. The maximum Gasteiger partial charge on any atom is 0.237 e. The molecule has 156 valence electrons. The fourth-order valence-electron chi connectivity index (χ4n) is 4.27. The van der Waals surface area contributed by atoms with Crippen molar-refractivity contribution in [2.24, 2.45) is 0 Å². The molecule has 1 aromatic heterocycles. The van der Waals surface area contributed by atoms with Crippen LogP contribution in [0.2, 0.25) is 0 Å². The first kappa shape index (κ1) is 20.3.